The lowest BCUT2D eigenvalue weighted by Gasteiger charge is -2.09. The summed E-state index contributed by atoms with van der Waals surface area (Å²) in [4.78, 5) is 0. The predicted octanol–water partition coefficient (Wildman–Crippen LogP) is 5.74. The van der Waals surface area contributed by atoms with E-state index in [0.717, 1.165) is 50.4 Å². The van der Waals surface area contributed by atoms with Gasteiger partial charge in [0.15, 0.2) is 0 Å². The maximum Gasteiger partial charge on any atom is 0.130 e. The number of rotatable bonds is 14. The lowest BCUT2D eigenvalue weighted by molar-refractivity contribution is 0.290. The van der Waals surface area contributed by atoms with E-state index >= 15 is 0 Å². The summed E-state index contributed by atoms with van der Waals surface area (Å²) in [6.45, 7) is 8.94. The number of benzene rings is 1. The quantitative estimate of drug-likeness (QED) is 0.322. The lowest BCUT2D eigenvalue weighted by Crippen LogP contribution is -2.00. The van der Waals surface area contributed by atoms with Crippen LogP contribution >= 0.6 is 0 Å². The van der Waals surface area contributed by atoms with Crippen LogP contribution in [0, 0.1) is 6.07 Å². The van der Waals surface area contributed by atoms with Gasteiger partial charge in [-0.05, 0) is 63.5 Å². The molecule has 22 heavy (non-hydrogen) atoms. The van der Waals surface area contributed by atoms with E-state index in [-0.39, 0.29) is 0 Å². The van der Waals surface area contributed by atoms with Crippen molar-refractivity contribution in [1.82, 2.24) is 0 Å². The summed E-state index contributed by atoms with van der Waals surface area (Å²) < 4.78 is 11.5. The number of ether oxygens (including phenoxy) is 2. The van der Waals surface area contributed by atoms with Crippen LogP contribution in [0.3, 0.4) is 0 Å². The monoisotopic (exact) mass is 301 g/mol. The zero-order valence-electron chi connectivity index (χ0n) is 13.7. The fraction of sp³-hybridized carbons (Fsp3) is 0.500. The lowest BCUT2D eigenvalue weighted by atomic mass is 10.2. The van der Waals surface area contributed by atoms with E-state index in [9.17, 15) is 0 Å². The smallest absolute Gasteiger partial charge is 0.130 e. The van der Waals surface area contributed by atoms with Gasteiger partial charge in [-0.1, -0.05) is 12.2 Å². The van der Waals surface area contributed by atoms with E-state index in [2.05, 4.69) is 19.2 Å². The molecule has 0 saturated carbocycles. The molecule has 0 bridgehead atoms. The van der Waals surface area contributed by atoms with Gasteiger partial charge in [-0.3, -0.25) is 0 Å². The first-order valence-corrected chi connectivity index (χ1v) is 8.36. The van der Waals surface area contributed by atoms with Crippen molar-refractivity contribution in [1.29, 1.82) is 0 Å². The second kappa shape index (κ2) is 13.0. The summed E-state index contributed by atoms with van der Waals surface area (Å²) in [5.41, 5.74) is 0. The van der Waals surface area contributed by atoms with Crippen LogP contribution in [0.4, 0.5) is 0 Å². The predicted molar refractivity (Wildman–Crippen MR) is 93.6 cm³/mol. The van der Waals surface area contributed by atoms with Gasteiger partial charge >= 0.3 is 0 Å². The second-order valence-electron chi connectivity index (χ2n) is 5.36. The third kappa shape index (κ3) is 9.28. The van der Waals surface area contributed by atoms with Crippen LogP contribution in [0.2, 0.25) is 0 Å². The largest absolute Gasteiger partial charge is 0.493 e. The van der Waals surface area contributed by atoms with E-state index in [1.165, 1.54) is 25.7 Å². The number of hydrogen-bond acceptors (Lipinski definition) is 2. The van der Waals surface area contributed by atoms with Crippen LogP contribution in [0.25, 0.3) is 0 Å². The van der Waals surface area contributed by atoms with Crippen LogP contribution in [-0.2, 0) is 0 Å². The maximum absolute atomic E-state index is 5.75. The summed E-state index contributed by atoms with van der Waals surface area (Å²) in [7, 11) is 0. The molecule has 0 atom stereocenters. The van der Waals surface area contributed by atoms with Crippen molar-refractivity contribution in [2.45, 2.75) is 51.4 Å². The molecule has 121 valence electrons. The van der Waals surface area contributed by atoms with Gasteiger partial charge in [-0.2, -0.15) is 0 Å². The first kappa shape index (κ1) is 18.3. The Hall–Kier alpha value is -1.70. The Kier molecular flexibility index (Phi) is 10.8. The van der Waals surface area contributed by atoms with Crippen molar-refractivity contribution >= 4 is 0 Å². The van der Waals surface area contributed by atoms with Gasteiger partial charge in [-0.15, -0.1) is 13.2 Å². The van der Waals surface area contributed by atoms with Crippen LogP contribution in [0.5, 0.6) is 11.5 Å². The van der Waals surface area contributed by atoms with E-state index in [0.29, 0.717) is 0 Å². The molecule has 0 aliphatic carbocycles. The molecule has 0 amide bonds. The van der Waals surface area contributed by atoms with Crippen molar-refractivity contribution in [2.75, 3.05) is 13.2 Å². The molecule has 0 saturated heterocycles. The number of hydrogen-bond donors (Lipinski definition) is 0. The molecule has 0 fully saturated rings. The molecule has 1 aromatic carbocycles. The van der Waals surface area contributed by atoms with E-state index in [4.69, 9.17) is 9.47 Å². The summed E-state index contributed by atoms with van der Waals surface area (Å²) in [5, 5.41) is 0. The Morgan fingerprint density at radius 3 is 2.14 bits per heavy atom. The Bertz CT molecular complexity index is 377. The molecular weight excluding hydrogens is 272 g/mol. The van der Waals surface area contributed by atoms with Crippen LogP contribution in [-0.4, -0.2) is 13.2 Å². The number of unbranched alkanes of at least 4 members (excludes halogenated alkanes) is 6. The molecule has 0 aliphatic rings. The zero-order chi connectivity index (χ0) is 15.9. The van der Waals surface area contributed by atoms with Gasteiger partial charge in [0, 0.05) is 12.1 Å². The normalized spacial score (nSPS) is 10.2. The van der Waals surface area contributed by atoms with E-state index in [1.807, 2.05) is 30.4 Å². The molecule has 0 heterocycles. The minimum absolute atomic E-state index is 0.735. The zero-order valence-corrected chi connectivity index (χ0v) is 13.7. The molecular formula is C20H29O2. The maximum atomic E-state index is 5.75. The fourth-order valence-electron chi connectivity index (χ4n) is 2.11. The summed E-state index contributed by atoms with van der Waals surface area (Å²) >= 11 is 0. The van der Waals surface area contributed by atoms with Crippen LogP contribution in [0.1, 0.15) is 51.4 Å². The molecule has 2 nitrogen and oxygen atoms in total. The Morgan fingerprint density at radius 2 is 1.50 bits per heavy atom. The van der Waals surface area contributed by atoms with Crippen molar-refractivity contribution in [3.05, 3.63) is 49.6 Å². The average Bonchev–Trinajstić information content (AvgIpc) is 2.54. The Morgan fingerprint density at radius 1 is 0.864 bits per heavy atom. The third-order valence-electron chi connectivity index (χ3n) is 3.38. The van der Waals surface area contributed by atoms with Gasteiger partial charge in [0.25, 0.3) is 0 Å². The highest BCUT2D eigenvalue weighted by Gasteiger charge is 1.99. The topological polar surface area (TPSA) is 18.5 Å². The van der Waals surface area contributed by atoms with Gasteiger partial charge in [-0.25, -0.2) is 0 Å². The molecule has 1 rings (SSSR count). The molecule has 0 spiro atoms. The van der Waals surface area contributed by atoms with Gasteiger partial charge in [0.05, 0.1) is 13.2 Å². The van der Waals surface area contributed by atoms with Crippen LogP contribution < -0.4 is 9.47 Å². The van der Waals surface area contributed by atoms with Crippen molar-refractivity contribution < 1.29 is 9.47 Å². The van der Waals surface area contributed by atoms with Gasteiger partial charge in [0.1, 0.15) is 11.5 Å². The first-order chi connectivity index (χ1) is 10.9. The summed E-state index contributed by atoms with van der Waals surface area (Å²) in [5.74, 6) is 1.64. The molecule has 2 heteroatoms. The average molecular weight is 301 g/mol. The number of allylic oxidation sites excluding steroid dienone is 2. The second-order valence-corrected chi connectivity index (χ2v) is 5.36. The highest BCUT2D eigenvalue weighted by atomic mass is 16.5. The van der Waals surface area contributed by atoms with Crippen molar-refractivity contribution in [2.24, 2.45) is 0 Å². The molecule has 0 aromatic heterocycles. The van der Waals surface area contributed by atoms with Gasteiger partial charge in [0.2, 0.25) is 0 Å². The molecule has 1 radical (unpaired) electrons. The summed E-state index contributed by atoms with van der Waals surface area (Å²) in [6.07, 6.45) is 13.0. The van der Waals surface area contributed by atoms with Crippen molar-refractivity contribution in [3.63, 3.8) is 0 Å². The fourth-order valence-corrected chi connectivity index (χ4v) is 2.11. The third-order valence-corrected chi connectivity index (χ3v) is 3.38. The minimum atomic E-state index is 0.735. The van der Waals surface area contributed by atoms with E-state index in [1.54, 1.807) is 0 Å². The summed E-state index contributed by atoms with van der Waals surface area (Å²) in [6, 6.07) is 8.82. The van der Waals surface area contributed by atoms with Crippen molar-refractivity contribution in [3.8, 4) is 11.5 Å². The molecule has 0 aliphatic heterocycles. The van der Waals surface area contributed by atoms with E-state index < -0.39 is 0 Å². The molecule has 0 N–H and O–H groups in total. The minimum Gasteiger partial charge on any atom is -0.493 e. The highest BCUT2D eigenvalue weighted by molar-refractivity contribution is 5.31. The Labute approximate surface area is 135 Å². The first-order valence-electron chi connectivity index (χ1n) is 8.36. The molecule has 0 unspecified atom stereocenters. The Balaban J connectivity index is 2.15. The van der Waals surface area contributed by atoms with Gasteiger partial charge < -0.3 is 9.47 Å². The molecule has 1 aromatic rings. The van der Waals surface area contributed by atoms with Crippen LogP contribution in [0.15, 0.2) is 43.5 Å². The SMILES string of the molecule is C=CCCCCCOc1[c]ccc(OCCCCCC=C)c1. The standard InChI is InChI=1S/C20H29O2/c1-3-5-7-9-11-16-21-19-14-13-15-20(18-19)22-17-12-10-8-6-4-2/h3-4,13-14,18H,1-2,5-12,16-17H2. The highest BCUT2D eigenvalue weighted by Crippen LogP contribution is 2.19.